The lowest BCUT2D eigenvalue weighted by atomic mass is 10.1. The number of H-pyrrole nitrogens is 1. The van der Waals surface area contributed by atoms with Crippen LogP contribution in [0.25, 0.3) is 5.65 Å². The van der Waals surface area contributed by atoms with Gasteiger partial charge in [0.25, 0.3) is 0 Å². The van der Waals surface area contributed by atoms with Crippen LogP contribution in [0.1, 0.15) is 28.1 Å². The van der Waals surface area contributed by atoms with E-state index in [0.29, 0.717) is 11.3 Å². The first-order valence-corrected chi connectivity index (χ1v) is 5.77. The molecule has 0 fully saturated rings. The number of nitrogens with zero attached hydrogens (tertiary/aromatic N) is 5. The number of carbonyl (C=O) groups is 1. The van der Waals surface area contributed by atoms with Crippen LogP contribution in [0.5, 0.6) is 0 Å². The second-order valence-corrected chi connectivity index (χ2v) is 4.17. The summed E-state index contributed by atoms with van der Waals surface area (Å²) in [6.07, 6.45) is 0.480. The molecule has 3 N–H and O–H groups in total. The molecule has 0 aliphatic carbocycles. The summed E-state index contributed by atoms with van der Waals surface area (Å²) < 4.78 is 1.48. The molecule has 0 amide bonds. The van der Waals surface area contributed by atoms with E-state index in [4.69, 9.17) is 5.11 Å². The first-order chi connectivity index (χ1) is 9.66. The molecule has 1 unspecified atom stereocenters. The van der Waals surface area contributed by atoms with Gasteiger partial charge in [-0.2, -0.15) is 0 Å². The molecule has 0 radical (unpaired) electrons. The normalized spacial score (nSPS) is 12.7. The Labute approximate surface area is 111 Å². The van der Waals surface area contributed by atoms with Crippen molar-refractivity contribution in [1.82, 2.24) is 30.0 Å². The molecule has 9 heteroatoms. The number of imidazole rings is 1. The Morgan fingerprint density at radius 3 is 3.00 bits per heavy atom. The Morgan fingerprint density at radius 1 is 1.45 bits per heavy atom. The largest absolute Gasteiger partial charge is 0.477 e. The van der Waals surface area contributed by atoms with Crippen LogP contribution >= 0.6 is 0 Å². The zero-order valence-electron chi connectivity index (χ0n) is 10.1. The summed E-state index contributed by atoms with van der Waals surface area (Å²) in [5.74, 6) is -0.861. The maximum atomic E-state index is 11.2. The van der Waals surface area contributed by atoms with Crippen molar-refractivity contribution in [3.63, 3.8) is 0 Å². The molecular weight excluding hydrogens is 264 g/mol. The first kappa shape index (κ1) is 12.2. The van der Waals surface area contributed by atoms with E-state index in [2.05, 4.69) is 25.6 Å². The SMILES string of the molecule is O=C(O)c1cnc2cccc(CC(O)c3nnn[nH]3)n12. The molecular formula is C11H10N6O3. The number of tetrazole rings is 1. The van der Waals surface area contributed by atoms with Crippen molar-refractivity contribution < 1.29 is 15.0 Å². The second kappa shape index (κ2) is 4.70. The molecule has 102 valence electrons. The van der Waals surface area contributed by atoms with Crippen molar-refractivity contribution in [2.24, 2.45) is 0 Å². The van der Waals surface area contributed by atoms with Crippen molar-refractivity contribution >= 4 is 11.6 Å². The number of pyridine rings is 1. The number of hydrogen-bond acceptors (Lipinski definition) is 6. The molecule has 0 aliphatic heterocycles. The minimum Gasteiger partial charge on any atom is -0.477 e. The maximum absolute atomic E-state index is 11.2. The lowest BCUT2D eigenvalue weighted by Crippen LogP contribution is -2.11. The van der Waals surface area contributed by atoms with Gasteiger partial charge < -0.3 is 10.2 Å². The summed E-state index contributed by atoms with van der Waals surface area (Å²) in [6.45, 7) is 0. The van der Waals surface area contributed by atoms with Crippen molar-refractivity contribution in [2.75, 3.05) is 0 Å². The van der Waals surface area contributed by atoms with Gasteiger partial charge in [0.2, 0.25) is 0 Å². The number of aromatic nitrogens is 6. The van der Waals surface area contributed by atoms with Gasteiger partial charge in [-0.15, -0.1) is 5.10 Å². The second-order valence-electron chi connectivity index (χ2n) is 4.17. The summed E-state index contributed by atoms with van der Waals surface area (Å²) >= 11 is 0. The summed E-state index contributed by atoms with van der Waals surface area (Å²) in [4.78, 5) is 15.2. The van der Waals surface area contributed by atoms with Crippen LogP contribution in [0.2, 0.25) is 0 Å². The fraction of sp³-hybridized carbons (Fsp3) is 0.182. The van der Waals surface area contributed by atoms with Crippen LogP contribution in [0.3, 0.4) is 0 Å². The maximum Gasteiger partial charge on any atom is 0.354 e. The quantitative estimate of drug-likeness (QED) is 0.601. The molecule has 3 rings (SSSR count). The van der Waals surface area contributed by atoms with E-state index in [1.54, 1.807) is 18.2 Å². The highest BCUT2D eigenvalue weighted by molar-refractivity contribution is 5.86. The van der Waals surface area contributed by atoms with Crippen LogP contribution in [-0.4, -0.2) is 46.2 Å². The Morgan fingerprint density at radius 2 is 2.30 bits per heavy atom. The summed E-state index contributed by atoms with van der Waals surface area (Å²) in [7, 11) is 0. The van der Waals surface area contributed by atoms with Gasteiger partial charge in [0.05, 0.1) is 6.20 Å². The van der Waals surface area contributed by atoms with E-state index in [9.17, 15) is 9.90 Å². The van der Waals surface area contributed by atoms with E-state index in [1.165, 1.54) is 10.6 Å². The number of aromatic amines is 1. The molecule has 0 saturated carbocycles. The van der Waals surface area contributed by atoms with Gasteiger partial charge in [0, 0.05) is 12.1 Å². The predicted molar refractivity (Wildman–Crippen MR) is 65.0 cm³/mol. The number of nitrogens with one attached hydrogen (secondary N) is 1. The predicted octanol–water partition coefficient (Wildman–Crippen LogP) is -0.178. The van der Waals surface area contributed by atoms with Gasteiger partial charge in [-0.3, -0.25) is 4.40 Å². The number of aliphatic hydroxyl groups excluding tert-OH is 1. The minimum atomic E-state index is -1.08. The third-order valence-corrected chi connectivity index (χ3v) is 2.91. The standard InChI is InChI=1S/C11H10N6O3/c18-8(10-13-15-16-14-10)4-6-2-1-3-9-12-5-7(11(19)20)17(6)9/h1-3,5,8,18H,4H2,(H,19,20)(H,13,14,15,16). The van der Waals surface area contributed by atoms with Gasteiger partial charge in [0.15, 0.2) is 11.5 Å². The van der Waals surface area contributed by atoms with Crippen molar-refractivity contribution in [3.8, 4) is 0 Å². The van der Waals surface area contributed by atoms with E-state index in [-0.39, 0.29) is 17.9 Å². The van der Waals surface area contributed by atoms with Crippen LogP contribution in [-0.2, 0) is 6.42 Å². The Bertz CT molecular complexity index is 751. The van der Waals surface area contributed by atoms with E-state index >= 15 is 0 Å². The van der Waals surface area contributed by atoms with E-state index < -0.39 is 12.1 Å². The smallest absolute Gasteiger partial charge is 0.354 e. The Hall–Kier alpha value is -2.81. The third kappa shape index (κ3) is 1.99. The van der Waals surface area contributed by atoms with Crippen LogP contribution < -0.4 is 0 Å². The molecule has 9 nitrogen and oxygen atoms in total. The number of rotatable bonds is 4. The van der Waals surface area contributed by atoms with Crippen LogP contribution in [0.15, 0.2) is 24.4 Å². The third-order valence-electron chi connectivity index (χ3n) is 2.91. The molecule has 0 aromatic carbocycles. The number of aliphatic hydroxyl groups is 1. The first-order valence-electron chi connectivity index (χ1n) is 5.77. The number of hydrogen-bond donors (Lipinski definition) is 3. The number of carboxylic acid groups (broad SMARTS) is 1. The molecule has 3 aromatic heterocycles. The molecule has 0 aliphatic rings. The molecule has 0 saturated heterocycles. The summed E-state index contributed by atoms with van der Waals surface area (Å²) in [5, 5.41) is 32.1. The molecule has 20 heavy (non-hydrogen) atoms. The highest BCUT2D eigenvalue weighted by atomic mass is 16.4. The van der Waals surface area contributed by atoms with Crippen molar-refractivity contribution in [1.29, 1.82) is 0 Å². The number of aromatic carboxylic acids is 1. The monoisotopic (exact) mass is 274 g/mol. The van der Waals surface area contributed by atoms with Crippen LogP contribution in [0.4, 0.5) is 0 Å². The van der Waals surface area contributed by atoms with E-state index in [0.717, 1.165) is 0 Å². The average Bonchev–Trinajstić information content (AvgIpc) is 3.08. The average molecular weight is 274 g/mol. The zero-order chi connectivity index (χ0) is 14.1. The van der Waals surface area contributed by atoms with E-state index in [1.807, 2.05) is 0 Å². The van der Waals surface area contributed by atoms with Crippen LogP contribution in [0, 0.1) is 0 Å². The fourth-order valence-corrected chi connectivity index (χ4v) is 2.02. The zero-order valence-corrected chi connectivity index (χ0v) is 10.1. The summed E-state index contributed by atoms with van der Waals surface area (Å²) in [6, 6.07) is 5.15. The molecule has 0 bridgehead atoms. The van der Waals surface area contributed by atoms with Crippen molar-refractivity contribution in [2.45, 2.75) is 12.5 Å². The van der Waals surface area contributed by atoms with Gasteiger partial charge in [-0.1, -0.05) is 6.07 Å². The van der Waals surface area contributed by atoms with Crippen molar-refractivity contribution in [3.05, 3.63) is 41.6 Å². The fourth-order valence-electron chi connectivity index (χ4n) is 2.02. The summed E-state index contributed by atoms with van der Waals surface area (Å²) in [5.41, 5.74) is 1.14. The van der Waals surface area contributed by atoms with Gasteiger partial charge in [-0.05, 0) is 22.6 Å². The minimum absolute atomic E-state index is 0.0403. The lowest BCUT2D eigenvalue weighted by Gasteiger charge is -2.10. The highest BCUT2D eigenvalue weighted by Gasteiger charge is 2.18. The Balaban J connectivity index is 2.03. The highest BCUT2D eigenvalue weighted by Crippen LogP contribution is 2.17. The van der Waals surface area contributed by atoms with Gasteiger partial charge in [0.1, 0.15) is 11.8 Å². The topological polar surface area (TPSA) is 129 Å². The lowest BCUT2D eigenvalue weighted by molar-refractivity contribution is 0.0688. The molecule has 3 heterocycles. The number of fused-ring (bicyclic) bond motifs is 1. The Kier molecular flexibility index (Phi) is 2.88. The molecule has 3 aromatic rings. The number of carboxylic acids is 1. The molecule has 1 atom stereocenters. The van der Waals surface area contributed by atoms with Gasteiger partial charge >= 0.3 is 5.97 Å². The van der Waals surface area contributed by atoms with Gasteiger partial charge in [-0.25, -0.2) is 14.9 Å². The molecule has 0 spiro atoms.